The summed E-state index contributed by atoms with van der Waals surface area (Å²) in [6, 6.07) is 5.36. The van der Waals surface area contributed by atoms with Crippen molar-refractivity contribution in [3.05, 3.63) is 42.2 Å². The summed E-state index contributed by atoms with van der Waals surface area (Å²) in [4.78, 5) is 23.4. The van der Waals surface area contributed by atoms with Gasteiger partial charge in [0, 0.05) is 6.08 Å². The molecule has 0 aliphatic heterocycles. The number of ether oxygens (including phenoxy) is 2. The van der Waals surface area contributed by atoms with Crippen LogP contribution in [0.2, 0.25) is 0 Å². The van der Waals surface area contributed by atoms with Gasteiger partial charge in [-0.05, 0) is 56.9 Å². The van der Waals surface area contributed by atoms with E-state index < -0.39 is 0 Å². The maximum absolute atomic E-state index is 12.8. The molecule has 0 bridgehead atoms. The molecule has 5 heteroatoms. The van der Waals surface area contributed by atoms with E-state index in [1.54, 1.807) is 13.0 Å². The molecule has 22 heavy (non-hydrogen) atoms. The van der Waals surface area contributed by atoms with Crippen LogP contribution < -0.4 is 4.74 Å². The number of hydrogen-bond acceptors (Lipinski definition) is 4. The summed E-state index contributed by atoms with van der Waals surface area (Å²) in [6.07, 6.45) is 5.40. The van der Waals surface area contributed by atoms with Crippen molar-refractivity contribution in [3.8, 4) is 5.75 Å². The molecule has 1 fully saturated rings. The SMILES string of the molecule is C/C=C/C(=O)O[C@H]1CC[C@H](C(=O)Oc2ccc(F)cc2)CC1. The highest BCUT2D eigenvalue weighted by atomic mass is 19.1. The van der Waals surface area contributed by atoms with Crippen LogP contribution in [0.4, 0.5) is 4.39 Å². The topological polar surface area (TPSA) is 52.6 Å². The standard InChI is InChI=1S/C17H19FO4/c1-2-3-16(19)21-14-8-4-12(5-9-14)17(20)22-15-10-6-13(18)7-11-15/h2-3,6-7,10-12,14H,4-5,8-9H2,1H3/b3-2+/t12-,14-. The van der Waals surface area contributed by atoms with E-state index in [9.17, 15) is 14.0 Å². The Morgan fingerprint density at radius 1 is 1.14 bits per heavy atom. The van der Waals surface area contributed by atoms with Crippen molar-refractivity contribution in [2.45, 2.75) is 38.7 Å². The van der Waals surface area contributed by atoms with Gasteiger partial charge in [0.1, 0.15) is 17.7 Å². The average molecular weight is 306 g/mol. The minimum Gasteiger partial charge on any atom is -0.459 e. The first-order chi connectivity index (χ1) is 10.6. The van der Waals surface area contributed by atoms with Gasteiger partial charge in [-0.1, -0.05) is 6.08 Å². The largest absolute Gasteiger partial charge is 0.459 e. The number of carbonyl (C=O) groups is 2. The Bertz CT molecular complexity index is 542. The molecule has 0 heterocycles. The van der Waals surface area contributed by atoms with Crippen LogP contribution in [0.15, 0.2) is 36.4 Å². The summed E-state index contributed by atoms with van der Waals surface area (Å²) in [5.41, 5.74) is 0. The molecule has 2 rings (SSSR count). The second kappa shape index (κ2) is 7.73. The number of esters is 2. The van der Waals surface area contributed by atoms with E-state index in [0.29, 0.717) is 31.4 Å². The summed E-state index contributed by atoms with van der Waals surface area (Å²) < 4.78 is 23.3. The second-order valence-corrected chi connectivity index (χ2v) is 5.29. The van der Waals surface area contributed by atoms with Crippen LogP contribution in [-0.4, -0.2) is 18.0 Å². The van der Waals surface area contributed by atoms with Gasteiger partial charge >= 0.3 is 11.9 Å². The molecule has 118 valence electrons. The molecule has 0 spiro atoms. The van der Waals surface area contributed by atoms with Crippen LogP contribution >= 0.6 is 0 Å². The van der Waals surface area contributed by atoms with Crippen LogP contribution in [0.1, 0.15) is 32.6 Å². The zero-order valence-electron chi connectivity index (χ0n) is 12.5. The molecular weight excluding hydrogens is 287 g/mol. The lowest BCUT2D eigenvalue weighted by atomic mass is 9.87. The molecular formula is C17H19FO4. The lowest BCUT2D eigenvalue weighted by Gasteiger charge is -2.26. The van der Waals surface area contributed by atoms with Crippen molar-refractivity contribution in [1.29, 1.82) is 0 Å². The fourth-order valence-corrected chi connectivity index (χ4v) is 2.46. The van der Waals surface area contributed by atoms with Gasteiger partial charge in [0.05, 0.1) is 5.92 Å². The molecule has 1 saturated carbocycles. The van der Waals surface area contributed by atoms with Gasteiger partial charge < -0.3 is 9.47 Å². The van der Waals surface area contributed by atoms with Crippen molar-refractivity contribution in [2.75, 3.05) is 0 Å². The quantitative estimate of drug-likeness (QED) is 0.486. The molecule has 0 N–H and O–H groups in total. The van der Waals surface area contributed by atoms with E-state index in [1.165, 1.54) is 30.3 Å². The van der Waals surface area contributed by atoms with Gasteiger partial charge in [-0.2, -0.15) is 0 Å². The molecule has 1 aliphatic carbocycles. The van der Waals surface area contributed by atoms with Crippen LogP contribution in [0.5, 0.6) is 5.75 Å². The molecule has 4 nitrogen and oxygen atoms in total. The molecule has 0 saturated heterocycles. The molecule has 0 radical (unpaired) electrons. The minimum absolute atomic E-state index is 0.140. The number of allylic oxidation sites excluding steroid dienone is 1. The smallest absolute Gasteiger partial charge is 0.330 e. The Kier molecular flexibility index (Phi) is 5.69. The van der Waals surface area contributed by atoms with Crippen LogP contribution in [0.25, 0.3) is 0 Å². The summed E-state index contributed by atoms with van der Waals surface area (Å²) in [6.45, 7) is 1.75. The monoisotopic (exact) mass is 306 g/mol. The van der Waals surface area contributed by atoms with Crippen molar-refractivity contribution >= 4 is 11.9 Å². The average Bonchev–Trinajstić information content (AvgIpc) is 2.50. The predicted molar refractivity (Wildman–Crippen MR) is 78.7 cm³/mol. The molecule has 1 aromatic carbocycles. The first-order valence-electron chi connectivity index (χ1n) is 7.39. The van der Waals surface area contributed by atoms with Crippen LogP contribution in [0, 0.1) is 11.7 Å². The molecule has 1 aromatic rings. The third-order valence-corrected chi connectivity index (χ3v) is 3.63. The fourth-order valence-electron chi connectivity index (χ4n) is 2.46. The van der Waals surface area contributed by atoms with E-state index in [4.69, 9.17) is 9.47 Å². The molecule has 0 atom stereocenters. The predicted octanol–water partition coefficient (Wildman–Crippen LogP) is 3.41. The van der Waals surface area contributed by atoms with E-state index in [2.05, 4.69) is 0 Å². The van der Waals surface area contributed by atoms with E-state index in [-0.39, 0.29) is 29.8 Å². The third kappa shape index (κ3) is 4.69. The number of halogens is 1. The number of carbonyl (C=O) groups excluding carboxylic acids is 2. The highest BCUT2D eigenvalue weighted by Gasteiger charge is 2.29. The summed E-state index contributed by atoms with van der Waals surface area (Å²) >= 11 is 0. The van der Waals surface area contributed by atoms with Gasteiger partial charge in [-0.25, -0.2) is 9.18 Å². The second-order valence-electron chi connectivity index (χ2n) is 5.29. The first-order valence-corrected chi connectivity index (χ1v) is 7.39. The van der Waals surface area contributed by atoms with E-state index >= 15 is 0 Å². The van der Waals surface area contributed by atoms with Gasteiger partial charge in [-0.15, -0.1) is 0 Å². The highest BCUT2D eigenvalue weighted by Crippen LogP contribution is 2.28. The zero-order valence-corrected chi connectivity index (χ0v) is 12.5. The van der Waals surface area contributed by atoms with E-state index in [1.807, 2.05) is 0 Å². The van der Waals surface area contributed by atoms with Gasteiger partial charge in [-0.3, -0.25) is 4.79 Å². The number of benzene rings is 1. The molecule has 1 aliphatic rings. The van der Waals surface area contributed by atoms with E-state index in [0.717, 1.165) is 0 Å². The maximum Gasteiger partial charge on any atom is 0.330 e. The molecule has 0 amide bonds. The Labute approximate surface area is 128 Å². The molecule has 0 unspecified atom stereocenters. The minimum atomic E-state index is -0.372. The Balaban J connectivity index is 1.79. The Hall–Kier alpha value is -2.17. The third-order valence-electron chi connectivity index (χ3n) is 3.63. The van der Waals surface area contributed by atoms with Crippen molar-refractivity contribution in [2.24, 2.45) is 5.92 Å². The summed E-state index contributed by atoms with van der Waals surface area (Å²) in [5, 5.41) is 0. The first kappa shape index (κ1) is 16.2. The number of hydrogen-bond donors (Lipinski definition) is 0. The number of rotatable bonds is 4. The normalized spacial score (nSPS) is 21.5. The maximum atomic E-state index is 12.8. The summed E-state index contributed by atoms with van der Waals surface area (Å²) in [7, 11) is 0. The van der Waals surface area contributed by atoms with Crippen molar-refractivity contribution in [3.63, 3.8) is 0 Å². The zero-order chi connectivity index (χ0) is 15.9. The Morgan fingerprint density at radius 3 is 2.36 bits per heavy atom. The van der Waals surface area contributed by atoms with Crippen molar-refractivity contribution < 1.29 is 23.5 Å². The van der Waals surface area contributed by atoms with Crippen LogP contribution in [0.3, 0.4) is 0 Å². The molecule has 0 aromatic heterocycles. The van der Waals surface area contributed by atoms with Crippen molar-refractivity contribution in [1.82, 2.24) is 0 Å². The lowest BCUT2D eigenvalue weighted by molar-refractivity contribution is -0.147. The van der Waals surface area contributed by atoms with Gasteiger partial charge in [0.15, 0.2) is 0 Å². The van der Waals surface area contributed by atoms with Gasteiger partial charge in [0.2, 0.25) is 0 Å². The highest BCUT2D eigenvalue weighted by molar-refractivity contribution is 5.82. The van der Waals surface area contributed by atoms with Crippen LogP contribution in [-0.2, 0) is 14.3 Å². The Morgan fingerprint density at radius 2 is 1.77 bits per heavy atom. The fraction of sp³-hybridized carbons (Fsp3) is 0.412. The lowest BCUT2D eigenvalue weighted by Crippen LogP contribution is -2.29. The van der Waals surface area contributed by atoms with Gasteiger partial charge in [0.25, 0.3) is 0 Å². The summed E-state index contributed by atoms with van der Waals surface area (Å²) in [5.74, 6) is -0.900.